The van der Waals surface area contributed by atoms with Crippen molar-refractivity contribution >= 4 is 52.3 Å². The molecule has 36 heavy (non-hydrogen) atoms. The number of aliphatic hydroxyl groups excluding tert-OH is 1. The number of β-amino-alcohol motifs (C(OH)–C–C–N with tert-alkyl or cyclic N) is 1. The minimum atomic E-state index is -0.616. The van der Waals surface area contributed by atoms with E-state index in [0.717, 1.165) is 42.9 Å². The summed E-state index contributed by atoms with van der Waals surface area (Å²) in [5.74, 6) is 1.82. The van der Waals surface area contributed by atoms with E-state index in [4.69, 9.17) is 36.9 Å². The number of anilines is 1. The average molecular weight is 557 g/mol. The summed E-state index contributed by atoms with van der Waals surface area (Å²) in [6, 6.07) is 15.0. The van der Waals surface area contributed by atoms with Crippen LogP contribution in [-0.2, 0) is 0 Å². The molecule has 0 aliphatic carbocycles. The first-order chi connectivity index (χ1) is 16.5. The lowest BCUT2D eigenvalue weighted by Crippen LogP contribution is -2.49. The fourth-order valence-corrected chi connectivity index (χ4v) is 4.46. The second-order valence-corrected chi connectivity index (χ2v) is 9.28. The summed E-state index contributed by atoms with van der Waals surface area (Å²) in [7, 11) is 0. The van der Waals surface area contributed by atoms with Crippen molar-refractivity contribution in [2.24, 2.45) is 0 Å². The van der Waals surface area contributed by atoms with Gasteiger partial charge in [-0.25, -0.2) is 0 Å². The molecule has 3 heterocycles. The molecule has 1 fully saturated rings. The number of rotatable bonds is 7. The lowest BCUT2D eigenvalue weighted by atomic mass is 10.2. The lowest BCUT2D eigenvalue weighted by Gasteiger charge is -2.37. The van der Waals surface area contributed by atoms with Gasteiger partial charge in [0.25, 0.3) is 0 Å². The summed E-state index contributed by atoms with van der Waals surface area (Å²) in [6.45, 7) is 5.97. The van der Waals surface area contributed by atoms with E-state index in [1.54, 1.807) is 0 Å². The Bertz CT molecular complexity index is 1290. The Morgan fingerprint density at radius 1 is 1.03 bits per heavy atom. The first kappa shape index (κ1) is 28.1. The minimum absolute atomic E-state index is 0. The topological polar surface area (TPSA) is 107 Å². The van der Waals surface area contributed by atoms with Crippen LogP contribution in [0, 0.1) is 6.92 Å². The number of hydrogen-bond donors (Lipinski definition) is 1. The summed E-state index contributed by atoms with van der Waals surface area (Å²) >= 11 is 12.2. The standard InChI is InChI=1S/C25H25Cl2N3O4.ClH.H2O/c1-16-11-25(34-28-16)24-13-19-22(3-2-4-23(19)33-24)32-15-18(31)14-29-7-9-30(10-8-29)17-5-6-20(26)21(27)12-17;;/h2-6,11-13,18,31H,7-10,14-15H2,1H3;1H;1H2/t18-;;/m0../s1. The van der Waals surface area contributed by atoms with Gasteiger partial charge in [-0.15, -0.1) is 12.4 Å². The van der Waals surface area contributed by atoms with Crippen LogP contribution < -0.4 is 9.64 Å². The normalized spacial score (nSPS) is 14.8. The van der Waals surface area contributed by atoms with Crippen LogP contribution >= 0.6 is 35.6 Å². The Kier molecular flexibility index (Phi) is 9.52. The second kappa shape index (κ2) is 12.2. The monoisotopic (exact) mass is 555 g/mol. The summed E-state index contributed by atoms with van der Waals surface area (Å²) in [6.07, 6.45) is -0.616. The minimum Gasteiger partial charge on any atom is -0.490 e. The van der Waals surface area contributed by atoms with Crippen LogP contribution in [0.3, 0.4) is 0 Å². The van der Waals surface area contributed by atoms with Crippen LogP contribution in [0.1, 0.15) is 5.69 Å². The molecule has 0 radical (unpaired) electrons. The summed E-state index contributed by atoms with van der Waals surface area (Å²) in [5, 5.41) is 16.5. The first-order valence-corrected chi connectivity index (χ1v) is 11.9. The maximum Gasteiger partial charge on any atom is 0.202 e. The highest BCUT2D eigenvalue weighted by Crippen LogP contribution is 2.34. The molecule has 5 rings (SSSR count). The highest BCUT2D eigenvalue weighted by atomic mass is 35.5. The number of hydrogen-bond acceptors (Lipinski definition) is 7. The summed E-state index contributed by atoms with van der Waals surface area (Å²) < 4.78 is 17.2. The molecule has 3 N–H and O–H groups in total. The predicted octanol–water partition coefficient (Wildman–Crippen LogP) is 4.86. The molecule has 1 aliphatic rings. The van der Waals surface area contributed by atoms with Crippen LogP contribution in [0.15, 0.2) is 57.5 Å². The average Bonchev–Trinajstić information content (AvgIpc) is 3.46. The molecule has 2 aromatic heterocycles. The van der Waals surface area contributed by atoms with Crippen molar-refractivity contribution in [3.05, 3.63) is 64.3 Å². The van der Waals surface area contributed by atoms with E-state index in [2.05, 4.69) is 15.0 Å². The van der Waals surface area contributed by atoms with Crippen LogP contribution in [0.25, 0.3) is 22.5 Å². The van der Waals surface area contributed by atoms with Crippen molar-refractivity contribution in [1.29, 1.82) is 0 Å². The zero-order chi connectivity index (χ0) is 23.7. The van der Waals surface area contributed by atoms with Gasteiger partial charge in [0, 0.05) is 44.5 Å². The number of aryl methyl sites for hydroxylation is 1. The predicted molar refractivity (Wildman–Crippen MR) is 144 cm³/mol. The second-order valence-electron chi connectivity index (χ2n) is 8.46. The van der Waals surface area contributed by atoms with Crippen molar-refractivity contribution < 1.29 is 24.3 Å². The van der Waals surface area contributed by atoms with E-state index in [9.17, 15) is 5.11 Å². The molecule has 11 heteroatoms. The lowest BCUT2D eigenvalue weighted by molar-refractivity contribution is 0.0668. The molecule has 1 atom stereocenters. The van der Waals surface area contributed by atoms with Crippen LogP contribution in [0.5, 0.6) is 5.75 Å². The largest absolute Gasteiger partial charge is 0.490 e. The van der Waals surface area contributed by atoms with Gasteiger partial charge in [-0.2, -0.15) is 0 Å². The van der Waals surface area contributed by atoms with Crippen LogP contribution in [0.2, 0.25) is 10.0 Å². The molecular formula is C25H28Cl3N3O5. The molecule has 0 saturated carbocycles. The molecule has 0 unspecified atom stereocenters. The zero-order valence-corrected chi connectivity index (χ0v) is 21.9. The van der Waals surface area contributed by atoms with Gasteiger partial charge in [-0.05, 0) is 43.3 Å². The Balaban J connectivity index is 0.00000180. The van der Waals surface area contributed by atoms with Gasteiger partial charge in [-0.3, -0.25) is 4.90 Å². The number of aromatic nitrogens is 1. The molecule has 0 spiro atoms. The van der Waals surface area contributed by atoms with Gasteiger partial charge in [0.15, 0.2) is 5.76 Å². The molecule has 1 aliphatic heterocycles. The zero-order valence-electron chi connectivity index (χ0n) is 19.6. The van der Waals surface area contributed by atoms with Crippen molar-refractivity contribution in [3.8, 4) is 17.3 Å². The van der Waals surface area contributed by atoms with E-state index in [1.165, 1.54) is 0 Å². The van der Waals surface area contributed by atoms with Gasteiger partial charge in [0.05, 0.1) is 21.1 Å². The number of aliphatic hydroxyl groups is 1. The fraction of sp³-hybridized carbons (Fsp3) is 0.320. The number of fused-ring (bicyclic) bond motifs is 1. The smallest absolute Gasteiger partial charge is 0.202 e. The Hall–Kier alpha value is -2.46. The molecule has 194 valence electrons. The molecule has 0 bridgehead atoms. The van der Waals surface area contributed by atoms with Crippen molar-refractivity contribution in [3.63, 3.8) is 0 Å². The molecule has 8 nitrogen and oxygen atoms in total. The van der Waals surface area contributed by atoms with E-state index in [-0.39, 0.29) is 24.5 Å². The van der Waals surface area contributed by atoms with Crippen molar-refractivity contribution in [2.45, 2.75) is 13.0 Å². The Morgan fingerprint density at radius 2 is 1.81 bits per heavy atom. The third kappa shape index (κ3) is 6.26. The van der Waals surface area contributed by atoms with E-state index in [1.807, 2.05) is 55.5 Å². The molecular weight excluding hydrogens is 529 g/mol. The van der Waals surface area contributed by atoms with E-state index >= 15 is 0 Å². The Morgan fingerprint density at radius 3 is 2.50 bits per heavy atom. The molecule has 2 aromatic carbocycles. The SMILES string of the molecule is Cc1cc(-c2cc3c(OC[C@@H](O)CN4CCN(c5ccc(Cl)c(Cl)c5)CC4)cccc3o2)on1.Cl.O. The van der Waals surface area contributed by atoms with Gasteiger partial charge in [0.1, 0.15) is 24.0 Å². The maximum atomic E-state index is 10.6. The first-order valence-electron chi connectivity index (χ1n) is 11.2. The quantitative estimate of drug-likeness (QED) is 0.346. The number of furan rings is 1. The third-order valence-corrected chi connectivity index (χ3v) is 6.67. The number of ether oxygens (including phenoxy) is 1. The van der Waals surface area contributed by atoms with Crippen molar-refractivity contribution in [2.75, 3.05) is 44.2 Å². The number of halogens is 3. The van der Waals surface area contributed by atoms with Crippen LogP contribution in [0.4, 0.5) is 5.69 Å². The highest BCUT2D eigenvalue weighted by molar-refractivity contribution is 6.42. The van der Waals surface area contributed by atoms with E-state index < -0.39 is 6.10 Å². The maximum absolute atomic E-state index is 10.6. The van der Waals surface area contributed by atoms with Gasteiger partial charge < -0.3 is 29.2 Å². The summed E-state index contributed by atoms with van der Waals surface area (Å²) in [5.41, 5.74) is 2.54. The number of piperazine rings is 1. The van der Waals surface area contributed by atoms with E-state index in [0.29, 0.717) is 39.4 Å². The fourth-order valence-electron chi connectivity index (χ4n) is 4.17. The Labute approximate surface area is 225 Å². The van der Waals surface area contributed by atoms with Gasteiger partial charge in [-0.1, -0.05) is 34.4 Å². The summed E-state index contributed by atoms with van der Waals surface area (Å²) in [4.78, 5) is 4.51. The molecule has 0 amide bonds. The van der Waals surface area contributed by atoms with Gasteiger partial charge in [0.2, 0.25) is 5.76 Å². The van der Waals surface area contributed by atoms with Gasteiger partial charge >= 0.3 is 0 Å². The number of nitrogens with zero attached hydrogens (tertiary/aromatic N) is 3. The van der Waals surface area contributed by atoms with Crippen LogP contribution in [-0.4, -0.2) is 66.1 Å². The molecule has 4 aromatic rings. The molecule has 1 saturated heterocycles. The number of benzene rings is 2. The van der Waals surface area contributed by atoms with Crippen molar-refractivity contribution in [1.82, 2.24) is 10.1 Å². The third-order valence-electron chi connectivity index (χ3n) is 5.93. The highest BCUT2D eigenvalue weighted by Gasteiger charge is 2.21.